The molecule has 1 unspecified atom stereocenters. The van der Waals surface area contributed by atoms with Crippen LogP contribution in [-0.4, -0.2) is 21.8 Å². The van der Waals surface area contributed by atoms with Gasteiger partial charge in [-0.15, -0.1) is 0 Å². The van der Waals surface area contributed by atoms with Gasteiger partial charge >= 0.3 is 0 Å². The molecule has 4 aromatic rings. The number of para-hydroxylation sites is 1. The Kier molecular flexibility index (Phi) is 4.36. The highest BCUT2D eigenvalue weighted by Gasteiger charge is 2.45. The summed E-state index contributed by atoms with van der Waals surface area (Å²) in [4.78, 5) is 31.7. The lowest BCUT2D eigenvalue weighted by atomic mass is 9.95. The van der Waals surface area contributed by atoms with Gasteiger partial charge in [-0.2, -0.15) is 0 Å². The first-order valence-corrected chi connectivity index (χ1v) is 9.50. The molecule has 1 amide bonds. The van der Waals surface area contributed by atoms with Gasteiger partial charge in [0.1, 0.15) is 11.4 Å². The molecule has 2 aromatic heterocycles. The molecule has 1 atom stereocenters. The van der Waals surface area contributed by atoms with Gasteiger partial charge in [0, 0.05) is 23.5 Å². The lowest BCUT2D eigenvalue weighted by molar-refractivity contribution is -0.117. The topological polar surface area (TPSA) is 83.6 Å². The Labute approximate surface area is 175 Å². The molecule has 3 heterocycles. The Morgan fingerprint density at radius 3 is 2.45 bits per heavy atom. The molecule has 0 radical (unpaired) electrons. The third kappa shape index (κ3) is 3.07. The molecule has 0 aliphatic carbocycles. The number of amides is 1. The highest BCUT2D eigenvalue weighted by Crippen LogP contribution is 2.42. The fourth-order valence-corrected chi connectivity index (χ4v) is 3.79. The third-order valence-corrected chi connectivity index (χ3v) is 5.23. The Balaban J connectivity index is 1.65. The van der Waals surface area contributed by atoms with E-state index in [4.69, 9.17) is 4.42 Å². The van der Waals surface area contributed by atoms with Crippen molar-refractivity contribution in [3.05, 3.63) is 108 Å². The van der Waals surface area contributed by atoms with Gasteiger partial charge in [-0.25, -0.2) is 4.39 Å². The van der Waals surface area contributed by atoms with Crippen LogP contribution in [0.3, 0.4) is 0 Å². The van der Waals surface area contributed by atoms with Crippen molar-refractivity contribution in [2.75, 3.05) is 4.90 Å². The summed E-state index contributed by atoms with van der Waals surface area (Å²) < 4.78 is 19.1. The summed E-state index contributed by atoms with van der Waals surface area (Å²) in [5.41, 5.74) is 1.31. The van der Waals surface area contributed by atoms with Crippen molar-refractivity contribution in [1.82, 2.24) is 4.98 Å². The number of anilines is 1. The van der Waals surface area contributed by atoms with Crippen molar-refractivity contribution in [3.8, 4) is 0 Å². The van der Waals surface area contributed by atoms with E-state index < -0.39 is 29.3 Å². The molecule has 1 aliphatic heterocycles. The quantitative estimate of drug-likeness (QED) is 0.487. The van der Waals surface area contributed by atoms with Crippen molar-refractivity contribution in [3.63, 3.8) is 0 Å². The number of ketones is 1. The highest BCUT2D eigenvalue weighted by molar-refractivity contribution is 6.20. The third-order valence-electron chi connectivity index (χ3n) is 5.23. The number of nitrogens with zero attached hydrogens (tertiary/aromatic N) is 2. The van der Waals surface area contributed by atoms with E-state index >= 15 is 0 Å². The van der Waals surface area contributed by atoms with E-state index in [1.807, 2.05) is 6.07 Å². The molecule has 31 heavy (non-hydrogen) atoms. The first-order valence-electron chi connectivity index (χ1n) is 9.50. The lowest BCUT2D eigenvalue weighted by Gasteiger charge is -2.26. The molecule has 0 saturated carbocycles. The summed E-state index contributed by atoms with van der Waals surface area (Å²) >= 11 is 0. The maximum absolute atomic E-state index is 13.5. The Morgan fingerprint density at radius 2 is 1.74 bits per heavy atom. The van der Waals surface area contributed by atoms with Gasteiger partial charge < -0.3 is 9.52 Å². The van der Waals surface area contributed by atoms with Gasteiger partial charge in [0.25, 0.3) is 5.91 Å². The predicted octanol–water partition coefficient (Wildman–Crippen LogP) is 4.75. The SMILES string of the molecule is O=C(C1=C(O)C(=O)N(c2ccc(F)cc2)C1c1ccncc1)c1cc2ccccc2o1. The average molecular weight is 414 g/mol. The molecular formula is C24H15FN2O4. The maximum Gasteiger partial charge on any atom is 0.294 e. The minimum absolute atomic E-state index is 0.00978. The van der Waals surface area contributed by atoms with Crippen LogP contribution in [0.1, 0.15) is 22.2 Å². The van der Waals surface area contributed by atoms with Crippen molar-refractivity contribution in [2.24, 2.45) is 0 Å². The molecule has 1 aliphatic rings. The lowest BCUT2D eigenvalue weighted by Crippen LogP contribution is -2.31. The van der Waals surface area contributed by atoms with E-state index in [9.17, 15) is 19.1 Å². The number of fused-ring (bicyclic) bond motifs is 1. The Morgan fingerprint density at radius 1 is 1.03 bits per heavy atom. The fraction of sp³-hybridized carbons (Fsp3) is 0.0417. The summed E-state index contributed by atoms with van der Waals surface area (Å²) in [6.07, 6.45) is 3.06. The second-order valence-corrected chi connectivity index (χ2v) is 7.07. The molecule has 0 spiro atoms. The van der Waals surface area contributed by atoms with Gasteiger partial charge in [0.15, 0.2) is 11.5 Å². The van der Waals surface area contributed by atoms with Crippen LogP contribution < -0.4 is 4.90 Å². The number of aromatic nitrogens is 1. The molecule has 5 rings (SSSR count). The Hall–Kier alpha value is -4.26. The Bertz CT molecular complexity index is 1310. The van der Waals surface area contributed by atoms with Crippen molar-refractivity contribution >= 4 is 28.3 Å². The van der Waals surface area contributed by atoms with Gasteiger partial charge in [-0.05, 0) is 54.1 Å². The van der Waals surface area contributed by atoms with Crippen LogP contribution in [0.5, 0.6) is 0 Å². The van der Waals surface area contributed by atoms with E-state index in [0.717, 1.165) is 5.39 Å². The minimum atomic E-state index is -0.929. The number of pyridine rings is 1. The average Bonchev–Trinajstić information content (AvgIpc) is 3.34. The van der Waals surface area contributed by atoms with E-state index in [1.54, 1.807) is 36.4 Å². The maximum atomic E-state index is 13.5. The van der Waals surface area contributed by atoms with Gasteiger partial charge in [0.2, 0.25) is 5.78 Å². The minimum Gasteiger partial charge on any atom is -0.503 e. The standard InChI is InChI=1S/C24H15FN2O4/c25-16-5-7-17(8-6-16)27-21(14-9-11-26-12-10-14)20(23(29)24(27)30)22(28)19-13-15-3-1-2-4-18(15)31-19/h1-13,21,29H. The monoisotopic (exact) mass is 414 g/mol. The zero-order valence-corrected chi connectivity index (χ0v) is 16.0. The highest BCUT2D eigenvalue weighted by atomic mass is 19.1. The number of furan rings is 1. The number of hydrogen-bond donors (Lipinski definition) is 1. The number of benzene rings is 2. The molecule has 0 bridgehead atoms. The largest absolute Gasteiger partial charge is 0.503 e. The van der Waals surface area contributed by atoms with Gasteiger partial charge in [-0.3, -0.25) is 19.5 Å². The second-order valence-electron chi connectivity index (χ2n) is 7.07. The molecular weight excluding hydrogens is 399 g/mol. The zero-order valence-electron chi connectivity index (χ0n) is 16.0. The molecule has 7 heteroatoms. The number of aliphatic hydroxyl groups excluding tert-OH is 1. The van der Waals surface area contributed by atoms with Crippen LogP contribution in [0.25, 0.3) is 11.0 Å². The molecule has 2 aromatic carbocycles. The molecule has 6 nitrogen and oxygen atoms in total. The van der Waals surface area contributed by atoms with Gasteiger partial charge in [0.05, 0.1) is 11.6 Å². The number of Topliss-reactive ketones (excluding diaryl/α,β-unsaturated/α-hetero) is 1. The number of carbonyl (C=O) groups excluding carboxylic acids is 2. The van der Waals surface area contributed by atoms with Crippen molar-refractivity contribution < 1.29 is 23.5 Å². The fourth-order valence-electron chi connectivity index (χ4n) is 3.79. The number of carbonyl (C=O) groups is 2. The summed E-state index contributed by atoms with van der Waals surface area (Å²) in [6, 6.07) is 16.3. The van der Waals surface area contributed by atoms with E-state index in [-0.39, 0.29) is 11.3 Å². The van der Waals surface area contributed by atoms with E-state index in [2.05, 4.69) is 4.98 Å². The summed E-state index contributed by atoms with van der Waals surface area (Å²) in [7, 11) is 0. The second kappa shape index (κ2) is 7.21. The zero-order chi connectivity index (χ0) is 21.5. The van der Waals surface area contributed by atoms with E-state index in [0.29, 0.717) is 16.8 Å². The van der Waals surface area contributed by atoms with Crippen LogP contribution in [-0.2, 0) is 4.79 Å². The smallest absolute Gasteiger partial charge is 0.294 e. The number of aliphatic hydroxyl groups is 1. The predicted molar refractivity (Wildman–Crippen MR) is 111 cm³/mol. The summed E-state index contributed by atoms with van der Waals surface area (Å²) in [5.74, 6) is -2.49. The molecule has 1 N–H and O–H groups in total. The van der Waals surface area contributed by atoms with E-state index in [1.165, 1.54) is 41.6 Å². The number of hydrogen-bond acceptors (Lipinski definition) is 5. The number of halogens is 1. The number of rotatable bonds is 4. The molecule has 0 fully saturated rings. The van der Waals surface area contributed by atoms with Crippen LogP contribution in [0.15, 0.2) is 94.9 Å². The molecule has 0 saturated heterocycles. The van der Waals surface area contributed by atoms with Gasteiger partial charge in [-0.1, -0.05) is 18.2 Å². The van der Waals surface area contributed by atoms with Crippen LogP contribution in [0, 0.1) is 5.82 Å². The van der Waals surface area contributed by atoms with Crippen LogP contribution in [0.4, 0.5) is 10.1 Å². The van der Waals surface area contributed by atoms with Crippen molar-refractivity contribution in [2.45, 2.75) is 6.04 Å². The van der Waals surface area contributed by atoms with Crippen LogP contribution in [0.2, 0.25) is 0 Å². The summed E-state index contributed by atoms with van der Waals surface area (Å²) in [6.45, 7) is 0. The first kappa shape index (κ1) is 18.7. The normalized spacial score (nSPS) is 16.4. The van der Waals surface area contributed by atoms with Crippen LogP contribution >= 0.6 is 0 Å². The summed E-state index contributed by atoms with van der Waals surface area (Å²) in [5, 5.41) is 11.4. The first-order chi connectivity index (χ1) is 15.0. The van der Waals surface area contributed by atoms with Crippen molar-refractivity contribution in [1.29, 1.82) is 0 Å². The molecule has 152 valence electrons.